The van der Waals surface area contributed by atoms with E-state index in [-0.39, 0.29) is 11.8 Å². The fourth-order valence-electron chi connectivity index (χ4n) is 3.32. The summed E-state index contributed by atoms with van der Waals surface area (Å²) in [4.78, 5) is 14.3. The highest BCUT2D eigenvalue weighted by atomic mass is 16.7. The van der Waals surface area contributed by atoms with Gasteiger partial charge in [-0.1, -0.05) is 48.5 Å². The third-order valence-electron chi connectivity index (χ3n) is 4.52. The van der Waals surface area contributed by atoms with Crippen molar-refractivity contribution in [3.63, 3.8) is 0 Å². The average molecular weight is 333 g/mol. The van der Waals surface area contributed by atoms with E-state index in [1.807, 2.05) is 54.6 Å². The molecule has 0 aliphatic carbocycles. The molecule has 126 valence electrons. The molecule has 4 rings (SSSR count). The van der Waals surface area contributed by atoms with Crippen molar-refractivity contribution in [1.29, 1.82) is 0 Å². The third-order valence-corrected chi connectivity index (χ3v) is 4.52. The van der Waals surface area contributed by atoms with Gasteiger partial charge < -0.3 is 9.47 Å². The largest absolute Gasteiger partial charge is 0.853 e. The van der Waals surface area contributed by atoms with Gasteiger partial charge in [0.05, 0.1) is 5.88 Å². The van der Waals surface area contributed by atoms with Gasteiger partial charge in [0.15, 0.2) is 13.2 Å². The van der Waals surface area contributed by atoms with Crippen LogP contribution in [-0.2, 0) is 9.16 Å². The van der Waals surface area contributed by atoms with Gasteiger partial charge in [-0.2, -0.15) is 0 Å². The highest BCUT2D eigenvalue weighted by Crippen LogP contribution is 2.37. The molecule has 2 aliphatic rings. The van der Waals surface area contributed by atoms with Crippen LogP contribution in [0.3, 0.4) is 0 Å². The zero-order valence-electron chi connectivity index (χ0n) is 13.9. The average Bonchev–Trinajstić information content (AvgIpc) is 3.24. The minimum absolute atomic E-state index is 0.259. The minimum Gasteiger partial charge on any atom is -0.853 e. The van der Waals surface area contributed by atoms with E-state index in [0.717, 1.165) is 31.6 Å². The first-order valence-corrected chi connectivity index (χ1v) is 8.51. The summed E-state index contributed by atoms with van der Waals surface area (Å²) < 4.78 is 2.98. The van der Waals surface area contributed by atoms with Crippen molar-refractivity contribution < 1.29 is 14.3 Å². The number of carbonyl (C=O) groups excluding carboxylic acids is 1. The molecule has 2 aromatic rings. The van der Waals surface area contributed by atoms with E-state index in [0.29, 0.717) is 17.0 Å². The summed E-state index contributed by atoms with van der Waals surface area (Å²) >= 11 is 0. The first-order chi connectivity index (χ1) is 12.3. The van der Waals surface area contributed by atoms with Crippen molar-refractivity contribution in [2.75, 3.05) is 18.1 Å². The van der Waals surface area contributed by atoms with Gasteiger partial charge in [0.25, 0.3) is 11.7 Å². The third kappa shape index (κ3) is 2.80. The van der Waals surface area contributed by atoms with Crippen LogP contribution in [0.25, 0.3) is 6.08 Å². The maximum atomic E-state index is 13.1. The highest BCUT2D eigenvalue weighted by Gasteiger charge is 2.40. The summed E-state index contributed by atoms with van der Waals surface area (Å²) in [5, 5.41) is 13.1. The first kappa shape index (κ1) is 15.5. The normalized spacial score (nSPS) is 19.4. The van der Waals surface area contributed by atoms with Crippen LogP contribution >= 0.6 is 0 Å². The molecule has 1 fully saturated rings. The number of carbonyl (C=O) groups is 1. The second-order valence-electron chi connectivity index (χ2n) is 6.19. The SMILES string of the molecule is O=C1/C(=C/c2ccccc2)C([O+]2CCCC2)=C([O-])N1c1ccccc1. The summed E-state index contributed by atoms with van der Waals surface area (Å²) in [6.45, 7) is 1.48. The Kier molecular flexibility index (Phi) is 4.02. The van der Waals surface area contributed by atoms with Crippen molar-refractivity contribution in [2.45, 2.75) is 12.8 Å². The lowest BCUT2D eigenvalue weighted by atomic mass is 10.1. The molecule has 0 N–H and O–H groups in total. The van der Waals surface area contributed by atoms with Gasteiger partial charge in [-0.3, -0.25) is 9.69 Å². The molecular weight excluding hydrogens is 314 g/mol. The molecule has 0 bridgehead atoms. The first-order valence-electron chi connectivity index (χ1n) is 8.51. The van der Waals surface area contributed by atoms with Gasteiger partial charge in [0.2, 0.25) is 0 Å². The molecule has 0 radical (unpaired) electrons. The number of benzene rings is 2. The molecule has 2 aliphatic heterocycles. The lowest BCUT2D eigenvalue weighted by molar-refractivity contribution is -0.311. The van der Waals surface area contributed by atoms with Crippen LogP contribution in [0.15, 0.2) is 77.9 Å². The number of anilines is 1. The summed E-state index contributed by atoms with van der Waals surface area (Å²) in [6, 6.07) is 18.7. The Morgan fingerprint density at radius 1 is 0.920 bits per heavy atom. The Labute approximate surface area is 147 Å². The zero-order valence-corrected chi connectivity index (χ0v) is 13.9. The highest BCUT2D eigenvalue weighted by molar-refractivity contribution is 6.16. The van der Waals surface area contributed by atoms with E-state index >= 15 is 0 Å². The summed E-state index contributed by atoms with van der Waals surface area (Å²) in [7, 11) is 0. The predicted molar refractivity (Wildman–Crippen MR) is 95.4 cm³/mol. The van der Waals surface area contributed by atoms with Crippen LogP contribution in [0.1, 0.15) is 18.4 Å². The van der Waals surface area contributed by atoms with E-state index in [2.05, 4.69) is 4.37 Å². The molecule has 0 aromatic heterocycles. The van der Waals surface area contributed by atoms with Crippen molar-refractivity contribution in [3.8, 4) is 0 Å². The van der Waals surface area contributed by atoms with Gasteiger partial charge in [-0.15, -0.1) is 0 Å². The molecule has 0 atom stereocenters. The standard InChI is InChI=1S/C21H19NO3/c23-20-18(15-16-9-3-1-4-10-16)19(25-13-7-8-14-25)21(24)22(20)17-11-5-2-6-12-17/h1-6,9-12,15H,7-8,13-14H2/b18-15+. The summed E-state index contributed by atoms with van der Waals surface area (Å²) in [5.74, 6) is -0.0741. The molecule has 1 saturated heterocycles. The van der Waals surface area contributed by atoms with Crippen LogP contribution < -0.4 is 10.0 Å². The van der Waals surface area contributed by atoms with Crippen molar-refractivity contribution in [1.82, 2.24) is 0 Å². The quantitative estimate of drug-likeness (QED) is 0.640. The van der Waals surface area contributed by atoms with Crippen molar-refractivity contribution >= 4 is 17.7 Å². The Balaban J connectivity index is 1.82. The maximum Gasteiger partial charge on any atom is 0.278 e. The molecule has 0 spiro atoms. The van der Waals surface area contributed by atoms with Crippen LogP contribution in [0.5, 0.6) is 0 Å². The Bertz CT molecular complexity index is 834. The van der Waals surface area contributed by atoms with Gasteiger partial charge in [-0.25, -0.2) is 0 Å². The van der Waals surface area contributed by atoms with Crippen LogP contribution in [0, 0.1) is 0 Å². The smallest absolute Gasteiger partial charge is 0.278 e. The topological polar surface area (TPSA) is 46.1 Å². The van der Waals surface area contributed by atoms with Gasteiger partial charge >= 0.3 is 0 Å². The fourth-order valence-corrected chi connectivity index (χ4v) is 3.32. The van der Waals surface area contributed by atoms with Gasteiger partial charge in [0.1, 0.15) is 5.57 Å². The summed E-state index contributed by atoms with van der Waals surface area (Å²) in [6.07, 6.45) is 3.84. The second-order valence-corrected chi connectivity index (χ2v) is 6.19. The Morgan fingerprint density at radius 2 is 1.52 bits per heavy atom. The maximum absolute atomic E-state index is 13.1. The lowest BCUT2D eigenvalue weighted by Gasteiger charge is -2.24. The molecule has 1 amide bonds. The van der Waals surface area contributed by atoms with Crippen LogP contribution in [0.2, 0.25) is 0 Å². The molecular formula is C21H19NO3. The molecule has 2 heterocycles. The molecule has 25 heavy (non-hydrogen) atoms. The van der Waals surface area contributed by atoms with Crippen molar-refractivity contribution in [3.05, 3.63) is 83.4 Å². The number of hydrogen-bond acceptors (Lipinski definition) is 2. The minimum atomic E-state index is -0.269. The Morgan fingerprint density at radius 3 is 2.16 bits per heavy atom. The molecule has 4 heteroatoms. The number of para-hydroxylation sites is 1. The zero-order chi connectivity index (χ0) is 17.2. The van der Waals surface area contributed by atoms with E-state index in [1.54, 1.807) is 12.1 Å². The summed E-state index contributed by atoms with van der Waals surface area (Å²) in [5.41, 5.74) is 1.96. The predicted octanol–water partition coefficient (Wildman–Crippen LogP) is 2.99. The van der Waals surface area contributed by atoms with Crippen molar-refractivity contribution in [2.24, 2.45) is 0 Å². The van der Waals surface area contributed by atoms with Crippen LogP contribution in [-0.4, -0.2) is 19.1 Å². The molecule has 0 unspecified atom stereocenters. The lowest BCUT2D eigenvalue weighted by Crippen LogP contribution is -2.31. The molecule has 2 aromatic carbocycles. The molecule has 0 saturated carbocycles. The fraction of sp³-hybridized carbons (Fsp3) is 0.190. The second kappa shape index (κ2) is 6.48. The number of amides is 1. The number of rotatable bonds is 3. The van der Waals surface area contributed by atoms with Gasteiger partial charge in [-0.05, 0) is 23.8 Å². The monoisotopic (exact) mass is 333 g/mol. The van der Waals surface area contributed by atoms with Gasteiger partial charge in [0, 0.05) is 18.5 Å². The van der Waals surface area contributed by atoms with E-state index in [9.17, 15) is 9.90 Å². The number of nitrogens with zero attached hydrogens (tertiary/aromatic N) is 1. The van der Waals surface area contributed by atoms with E-state index < -0.39 is 0 Å². The Hall–Kier alpha value is -3.01. The number of hydrogen-bond donors (Lipinski definition) is 0. The van der Waals surface area contributed by atoms with E-state index in [4.69, 9.17) is 0 Å². The molecule has 4 nitrogen and oxygen atoms in total. The van der Waals surface area contributed by atoms with Crippen LogP contribution in [0.4, 0.5) is 5.69 Å². The van der Waals surface area contributed by atoms with E-state index in [1.165, 1.54) is 4.90 Å².